The summed E-state index contributed by atoms with van der Waals surface area (Å²) in [6.45, 7) is 0. The summed E-state index contributed by atoms with van der Waals surface area (Å²) in [5, 5.41) is 3.70. The SMILES string of the molecule is COc1ccc2c(c1)[C@@H](Cc1ccccc1)Nc1ccccc1-2. The number of nitrogens with one attached hydrogen (secondary N) is 1. The summed E-state index contributed by atoms with van der Waals surface area (Å²) >= 11 is 0. The minimum atomic E-state index is 0.248. The van der Waals surface area contributed by atoms with Crippen molar-refractivity contribution in [1.29, 1.82) is 0 Å². The Morgan fingerprint density at radius 2 is 1.65 bits per heavy atom. The Balaban J connectivity index is 1.80. The van der Waals surface area contributed by atoms with Crippen LogP contribution in [0.25, 0.3) is 11.1 Å². The lowest BCUT2D eigenvalue weighted by molar-refractivity contribution is 0.414. The van der Waals surface area contributed by atoms with E-state index in [0.717, 1.165) is 12.2 Å². The van der Waals surface area contributed by atoms with E-state index >= 15 is 0 Å². The molecule has 0 saturated heterocycles. The number of ether oxygens (including phenoxy) is 1. The topological polar surface area (TPSA) is 21.3 Å². The van der Waals surface area contributed by atoms with Crippen molar-refractivity contribution >= 4 is 5.69 Å². The normalized spacial score (nSPS) is 15.3. The summed E-state index contributed by atoms with van der Waals surface area (Å²) in [6.07, 6.45) is 0.954. The second kappa shape index (κ2) is 5.81. The van der Waals surface area contributed by atoms with Gasteiger partial charge in [-0.05, 0) is 41.3 Å². The van der Waals surface area contributed by atoms with Gasteiger partial charge in [-0.15, -0.1) is 0 Å². The number of fused-ring (bicyclic) bond motifs is 3. The number of methoxy groups -OCH3 is 1. The van der Waals surface area contributed by atoms with Crippen molar-refractivity contribution in [3.63, 3.8) is 0 Å². The fourth-order valence-corrected chi connectivity index (χ4v) is 3.32. The smallest absolute Gasteiger partial charge is 0.119 e. The van der Waals surface area contributed by atoms with Crippen molar-refractivity contribution in [2.45, 2.75) is 12.5 Å². The van der Waals surface area contributed by atoms with Gasteiger partial charge in [-0.3, -0.25) is 0 Å². The molecule has 4 rings (SSSR count). The Bertz CT molecular complexity index is 824. The Labute approximate surface area is 136 Å². The van der Waals surface area contributed by atoms with Gasteiger partial charge in [-0.25, -0.2) is 0 Å². The van der Waals surface area contributed by atoms with E-state index in [0.29, 0.717) is 0 Å². The molecule has 0 aliphatic carbocycles. The minimum absolute atomic E-state index is 0.248. The molecular weight excluding hydrogens is 282 g/mol. The molecule has 1 aliphatic heterocycles. The van der Waals surface area contributed by atoms with Crippen molar-refractivity contribution in [3.05, 3.63) is 83.9 Å². The molecule has 1 N–H and O–H groups in total. The van der Waals surface area contributed by atoms with Gasteiger partial charge in [0.2, 0.25) is 0 Å². The number of benzene rings is 3. The number of anilines is 1. The van der Waals surface area contributed by atoms with Crippen LogP contribution in [0.15, 0.2) is 72.8 Å². The monoisotopic (exact) mass is 301 g/mol. The molecule has 2 heteroatoms. The largest absolute Gasteiger partial charge is 0.497 e. The molecule has 2 nitrogen and oxygen atoms in total. The first-order valence-electron chi connectivity index (χ1n) is 7.93. The van der Waals surface area contributed by atoms with Gasteiger partial charge in [0.25, 0.3) is 0 Å². The first-order valence-corrected chi connectivity index (χ1v) is 7.93. The summed E-state index contributed by atoms with van der Waals surface area (Å²) < 4.78 is 5.44. The molecular formula is C21H19NO. The van der Waals surface area contributed by atoms with Gasteiger partial charge in [0.1, 0.15) is 5.75 Å². The van der Waals surface area contributed by atoms with Gasteiger partial charge in [-0.1, -0.05) is 54.6 Å². The van der Waals surface area contributed by atoms with Crippen LogP contribution < -0.4 is 10.1 Å². The molecule has 0 fully saturated rings. The molecule has 114 valence electrons. The minimum Gasteiger partial charge on any atom is -0.497 e. The zero-order valence-corrected chi connectivity index (χ0v) is 13.1. The van der Waals surface area contributed by atoms with E-state index in [1.165, 1.54) is 27.9 Å². The van der Waals surface area contributed by atoms with Crippen molar-refractivity contribution in [3.8, 4) is 16.9 Å². The van der Waals surface area contributed by atoms with Crippen LogP contribution in [0, 0.1) is 0 Å². The van der Waals surface area contributed by atoms with E-state index in [9.17, 15) is 0 Å². The molecule has 1 aliphatic rings. The number of hydrogen-bond acceptors (Lipinski definition) is 2. The highest BCUT2D eigenvalue weighted by Gasteiger charge is 2.24. The standard InChI is InChI=1S/C21H19NO/c1-23-16-11-12-17-18-9-5-6-10-20(18)22-21(19(17)14-16)13-15-7-3-2-4-8-15/h2-12,14,21-22H,13H2,1H3/t21-/m1/s1. The highest BCUT2D eigenvalue weighted by molar-refractivity contribution is 5.84. The molecule has 0 radical (unpaired) electrons. The fourth-order valence-electron chi connectivity index (χ4n) is 3.32. The number of rotatable bonds is 3. The van der Waals surface area contributed by atoms with Crippen LogP contribution >= 0.6 is 0 Å². The van der Waals surface area contributed by atoms with Crippen molar-refractivity contribution < 1.29 is 4.74 Å². The van der Waals surface area contributed by atoms with E-state index in [4.69, 9.17) is 4.74 Å². The van der Waals surface area contributed by atoms with Gasteiger partial charge >= 0.3 is 0 Å². The van der Waals surface area contributed by atoms with Crippen molar-refractivity contribution in [2.75, 3.05) is 12.4 Å². The maximum Gasteiger partial charge on any atom is 0.119 e. The van der Waals surface area contributed by atoms with Crippen molar-refractivity contribution in [1.82, 2.24) is 0 Å². The lowest BCUT2D eigenvalue weighted by atomic mass is 9.87. The average Bonchev–Trinajstić information content (AvgIpc) is 2.62. The van der Waals surface area contributed by atoms with Gasteiger partial charge in [0.15, 0.2) is 0 Å². The highest BCUT2D eigenvalue weighted by atomic mass is 16.5. The predicted octanol–water partition coefficient (Wildman–Crippen LogP) is 5.07. The number of para-hydroxylation sites is 1. The fraction of sp³-hybridized carbons (Fsp3) is 0.143. The zero-order valence-electron chi connectivity index (χ0n) is 13.1. The van der Waals surface area contributed by atoms with E-state index in [1.54, 1.807) is 7.11 Å². The Morgan fingerprint density at radius 3 is 2.48 bits per heavy atom. The molecule has 0 bridgehead atoms. The van der Waals surface area contributed by atoms with E-state index in [1.807, 2.05) is 6.07 Å². The van der Waals surface area contributed by atoms with Gasteiger partial charge in [-0.2, -0.15) is 0 Å². The van der Waals surface area contributed by atoms with Crippen LogP contribution in [0.1, 0.15) is 17.2 Å². The molecule has 3 aromatic carbocycles. The van der Waals surface area contributed by atoms with Crippen LogP contribution in [0.3, 0.4) is 0 Å². The molecule has 0 aromatic heterocycles. The summed E-state index contributed by atoms with van der Waals surface area (Å²) in [5.41, 5.74) is 6.38. The molecule has 0 saturated carbocycles. The average molecular weight is 301 g/mol. The molecule has 1 atom stereocenters. The third kappa shape index (κ3) is 2.57. The van der Waals surface area contributed by atoms with Crippen LogP contribution in [0.4, 0.5) is 5.69 Å². The summed E-state index contributed by atoms with van der Waals surface area (Å²) in [7, 11) is 1.72. The van der Waals surface area contributed by atoms with Gasteiger partial charge in [0.05, 0.1) is 13.2 Å². The van der Waals surface area contributed by atoms with Gasteiger partial charge < -0.3 is 10.1 Å². The molecule has 23 heavy (non-hydrogen) atoms. The highest BCUT2D eigenvalue weighted by Crippen LogP contribution is 2.42. The molecule has 1 heterocycles. The predicted molar refractivity (Wildman–Crippen MR) is 94.9 cm³/mol. The van der Waals surface area contributed by atoms with Gasteiger partial charge in [0, 0.05) is 11.3 Å². The first-order chi connectivity index (χ1) is 11.3. The second-order valence-corrected chi connectivity index (χ2v) is 5.89. The van der Waals surface area contributed by atoms with Crippen LogP contribution in [-0.2, 0) is 6.42 Å². The van der Waals surface area contributed by atoms with E-state index in [2.05, 4.69) is 72.0 Å². The third-order valence-corrected chi connectivity index (χ3v) is 4.46. The molecule has 0 spiro atoms. The van der Waals surface area contributed by atoms with Crippen molar-refractivity contribution in [2.24, 2.45) is 0 Å². The Morgan fingerprint density at radius 1 is 0.870 bits per heavy atom. The maximum absolute atomic E-state index is 5.44. The van der Waals surface area contributed by atoms with Crippen LogP contribution in [0.2, 0.25) is 0 Å². The lowest BCUT2D eigenvalue weighted by Gasteiger charge is -2.30. The summed E-state index contributed by atoms with van der Waals surface area (Å²) in [6, 6.07) is 25.7. The Hall–Kier alpha value is -2.74. The van der Waals surface area contributed by atoms with E-state index in [-0.39, 0.29) is 6.04 Å². The molecule has 0 amide bonds. The summed E-state index contributed by atoms with van der Waals surface area (Å²) in [5.74, 6) is 0.906. The lowest BCUT2D eigenvalue weighted by Crippen LogP contribution is -2.19. The third-order valence-electron chi connectivity index (χ3n) is 4.46. The number of hydrogen-bond donors (Lipinski definition) is 1. The quantitative estimate of drug-likeness (QED) is 0.729. The Kier molecular flexibility index (Phi) is 3.51. The van der Waals surface area contributed by atoms with Crippen LogP contribution in [0.5, 0.6) is 5.75 Å². The maximum atomic E-state index is 5.44. The molecule has 3 aromatic rings. The first kappa shape index (κ1) is 13.9. The zero-order chi connectivity index (χ0) is 15.6. The van der Waals surface area contributed by atoms with Crippen LogP contribution in [-0.4, -0.2) is 7.11 Å². The second-order valence-electron chi connectivity index (χ2n) is 5.89. The summed E-state index contributed by atoms with van der Waals surface area (Å²) in [4.78, 5) is 0. The molecule has 0 unspecified atom stereocenters. The van der Waals surface area contributed by atoms with E-state index < -0.39 is 0 Å².